The number of para-hydroxylation sites is 2. The zero-order valence-corrected chi connectivity index (χ0v) is 15.1. The number of hydrogen-bond donors (Lipinski definition) is 0. The van der Waals surface area contributed by atoms with Gasteiger partial charge < -0.3 is 19.1 Å². The summed E-state index contributed by atoms with van der Waals surface area (Å²) in [5.74, 6) is 0.748. The van der Waals surface area contributed by atoms with E-state index in [0.717, 1.165) is 18.3 Å². The van der Waals surface area contributed by atoms with Crippen LogP contribution in [-0.2, 0) is 10.9 Å². The fourth-order valence-electron chi connectivity index (χ4n) is 2.80. The van der Waals surface area contributed by atoms with Crippen molar-refractivity contribution in [3.8, 4) is 11.5 Å². The summed E-state index contributed by atoms with van der Waals surface area (Å²) in [6.45, 7) is 1.11. The van der Waals surface area contributed by atoms with Crippen LogP contribution in [0.2, 0.25) is 0 Å². The van der Waals surface area contributed by atoms with Crippen molar-refractivity contribution in [3.05, 3.63) is 53.9 Å². The molecule has 150 valence electrons. The highest BCUT2D eigenvalue weighted by molar-refractivity contribution is 5.94. The second-order valence-electron chi connectivity index (χ2n) is 6.14. The molecule has 0 radical (unpaired) electrons. The molecule has 1 fully saturated rings. The zero-order valence-electron chi connectivity index (χ0n) is 15.1. The van der Waals surface area contributed by atoms with E-state index in [9.17, 15) is 18.0 Å². The Bertz CT molecular complexity index is 812. The van der Waals surface area contributed by atoms with Crippen LogP contribution in [0.4, 0.5) is 13.2 Å². The van der Waals surface area contributed by atoms with Gasteiger partial charge in [-0.15, -0.1) is 0 Å². The van der Waals surface area contributed by atoms with Crippen LogP contribution in [0.15, 0.2) is 42.6 Å². The second kappa shape index (κ2) is 8.47. The van der Waals surface area contributed by atoms with Crippen LogP contribution in [0, 0.1) is 0 Å². The van der Waals surface area contributed by atoms with Crippen molar-refractivity contribution >= 4 is 5.91 Å². The number of rotatable bonds is 5. The fourth-order valence-corrected chi connectivity index (χ4v) is 2.80. The van der Waals surface area contributed by atoms with Gasteiger partial charge in [-0.1, -0.05) is 12.1 Å². The normalized spacial score (nSPS) is 17.3. The number of carbonyl (C=O) groups is 1. The van der Waals surface area contributed by atoms with Crippen molar-refractivity contribution in [2.45, 2.75) is 12.3 Å². The minimum atomic E-state index is -4.54. The number of halogens is 3. The number of alkyl halides is 3. The highest BCUT2D eigenvalue weighted by atomic mass is 19.4. The number of morpholine rings is 1. The van der Waals surface area contributed by atoms with E-state index in [2.05, 4.69) is 4.98 Å². The van der Waals surface area contributed by atoms with Gasteiger partial charge in [-0.3, -0.25) is 9.78 Å². The number of ether oxygens (including phenoxy) is 3. The number of methoxy groups -OCH3 is 1. The quantitative estimate of drug-likeness (QED) is 0.778. The number of amides is 1. The Balaban J connectivity index is 1.60. The minimum absolute atomic E-state index is 0.0966. The van der Waals surface area contributed by atoms with Gasteiger partial charge in [-0.25, -0.2) is 0 Å². The Hall–Kier alpha value is -2.81. The molecule has 1 unspecified atom stereocenters. The van der Waals surface area contributed by atoms with Crippen LogP contribution in [-0.4, -0.2) is 55.3 Å². The number of nitrogens with zero attached hydrogens (tertiary/aromatic N) is 2. The van der Waals surface area contributed by atoms with Crippen molar-refractivity contribution in [1.29, 1.82) is 0 Å². The SMILES string of the molecule is COc1ccccc1OCC1CN(C(=O)c2ccc(C(F)(F)F)nc2)CCO1. The molecule has 1 aromatic heterocycles. The van der Waals surface area contributed by atoms with Crippen molar-refractivity contribution in [2.24, 2.45) is 0 Å². The molecular formula is C19H19F3N2O4. The van der Waals surface area contributed by atoms with Gasteiger partial charge >= 0.3 is 6.18 Å². The van der Waals surface area contributed by atoms with Gasteiger partial charge in [0.25, 0.3) is 5.91 Å². The Morgan fingerprint density at radius 2 is 2.00 bits per heavy atom. The van der Waals surface area contributed by atoms with Gasteiger partial charge in [-0.05, 0) is 24.3 Å². The first-order valence-electron chi connectivity index (χ1n) is 8.58. The molecule has 0 aliphatic carbocycles. The van der Waals surface area contributed by atoms with Crippen LogP contribution in [0.25, 0.3) is 0 Å². The lowest BCUT2D eigenvalue weighted by Gasteiger charge is -2.33. The summed E-state index contributed by atoms with van der Waals surface area (Å²) < 4.78 is 54.4. The van der Waals surface area contributed by atoms with E-state index in [1.165, 1.54) is 12.0 Å². The number of benzene rings is 1. The van der Waals surface area contributed by atoms with Gasteiger partial charge in [0.05, 0.1) is 25.8 Å². The monoisotopic (exact) mass is 396 g/mol. The molecule has 1 atom stereocenters. The summed E-state index contributed by atoms with van der Waals surface area (Å²) in [6, 6.07) is 9.10. The van der Waals surface area contributed by atoms with Crippen molar-refractivity contribution in [2.75, 3.05) is 33.4 Å². The van der Waals surface area contributed by atoms with Gasteiger partial charge in [0, 0.05) is 12.7 Å². The van der Waals surface area contributed by atoms with Gasteiger partial charge in [-0.2, -0.15) is 13.2 Å². The van der Waals surface area contributed by atoms with Crippen LogP contribution in [0.1, 0.15) is 16.1 Å². The predicted molar refractivity (Wildman–Crippen MR) is 93.4 cm³/mol. The van der Waals surface area contributed by atoms with E-state index >= 15 is 0 Å². The first-order valence-corrected chi connectivity index (χ1v) is 8.58. The Kier molecular flexibility index (Phi) is 6.03. The maximum absolute atomic E-state index is 12.6. The highest BCUT2D eigenvalue weighted by Crippen LogP contribution is 2.28. The lowest BCUT2D eigenvalue weighted by molar-refractivity contribution is -0.141. The Labute approximate surface area is 159 Å². The standard InChI is InChI=1S/C19H19F3N2O4/c1-26-15-4-2-3-5-16(15)28-12-14-11-24(8-9-27-14)18(25)13-6-7-17(23-10-13)19(20,21)22/h2-7,10,14H,8-9,11-12H2,1H3. The van der Waals surface area contributed by atoms with Crippen LogP contribution >= 0.6 is 0 Å². The first-order chi connectivity index (χ1) is 13.4. The average molecular weight is 396 g/mol. The molecule has 2 heterocycles. The average Bonchev–Trinajstić information content (AvgIpc) is 2.71. The lowest BCUT2D eigenvalue weighted by atomic mass is 10.2. The smallest absolute Gasteiger partial charge is 0.433 e. The molecular weight excluding hydrogens is 377 g/mol. The summed E-state index contributed by atoms with van der Waals surface area (Å²) >= 11 is 0. The Morgan fingerprint density at radius 3 is 2.64 bits per heavy atom. The predicted octanol–water partition coefficient (Wildman–Crippen LogP) is 3.03. The Morgan fingerprint density at radius 1 is 1.25 bits per heavy atom. The molecule has 0 saturated carbocycles. The van der Waals surface area contributed by atoms with E-state index in [0.29, 0.717) is 24.7 Å². The van der Waals surface area contributed by atoms with Crippen molar-refractivity contribution in [1.82, 2.24) is 9.88 Å². The van der Waals surface area contributed by atoms with E-state index in [-0.39, 0.29) is 24.8 Å². The third kappa shape index (κ3) is 4.72. The lowest BCUT2D eigenvalue weighted by Crippen LogP contribution is -2.47. The second-order valence-corrected chi connectivity index (χ2v) is 6.14. The molecule has 0 spiro atoms. The molecule has 1 aliphatic heterocycles. The van der Waals surface area contributed by atoms with Gasteiger partial charge in [0.15, 0.2) is 11.5 Å². The maximum atomic E-state index is 12.6. The molecule has 0 bridgehead atoms. The molecule has 0 N–H and O–H groups in total. The van der Waals surface area contributed by atoms with Crippen LogP contribution in [0.3, 0.4) is 0 Å². The van der Waals surface area contributed by atoms with E-state index in [1.54, 1.807) is 12.1 Å². The largest absolute Gasteiger partial charge is 0.493 e. The fraction of sp³-hybridized carbons (Fsp3) is 0.368. The number of aromatic nitrogens is 1. The summed E-state index contributed by atoms with van der Waals surface area (Å²) in [5.41, 5.74) is -0.937. The molecule has 6 nitrogen and oxygen atoms in total. The van der Waals surface area contributed by atoms with Crippen molar-refractivity contribution < 1.29 is 32.2 Å². The summed E-state index contributed by atoms with van der Waals surface area (Å²) in [6.07, 6.45) is -3.97. The van der Waals surface area contributed by atoms with E-state index < -0.39 is 17.8 Å². The van der Waals surface area contributed by atoms with Crippen LogP contribution in [0.5, 0.6) is 11.5 Å². The first kappa shape index (κ1) is 19.9. The third-order valence-corrected chi connectivity index (χ3v) is 4.22. The molecule has 1 aromatic carbocycles. The third-order valence-electron chi connectivity index (χ3n) is 4.22. The van der Waals surface area contributed by atoms with E-state index in [4.69, 9.17) is 14.2 Å². The number of carbonyl (C=O) groups excluding carboxylic acids is 1. The summed E-state index contributed by atoms with van der Waals surface area (Å²) in [5, 5.41) is 0. The molecule has 2 aromatic rings. The molecule has 3 rings (SSSR count). The van der Waals surface area contributed by atoms with Crippen molar-refractivity contribution in [3.63, 3.8) is 0 Å². The molecule has 1 aliphatic rings. The molecule has 1 saturated heterocycles. The number of pyridine rings is 1. The van der Waals surface area contributed by atoms with E-state index in [1.807, 2.05) is 12.1 Å². The van der Waals surface area contributed by atoms with Crippen LogP contribution < -0.4 is 9.47 Å². The topological polar surface area (TPSA) is 60.9 Å². The van der Waals surface area contributed by atoms with Gasteiger partial charge in [0.2, 0.25) is 0 Å². The summed E-state index contributed by atoms with van der Waals surface area (Å²) in [7, 11) is 1.54. The number of hydrogen-bond acceptors (Lipinski definition) is 5. The summed E-state index contributed by atoms with van der Waals surface area (Å²) in [4.78, 5) is 17.4. The molecule has 1 amide bonds. The van der Waals surface area contributed by atoms with Gasteiger partial charge in [0.1, 0.15) is 18.4 Å². The molecule has 28 heavy (non-hydrogen) atoms. The highest BCUT2D eigenvalue weighted by Gasteiger charge is 2.33. The maximum Gasteiger partial charge on any atom is 0.433 e. The molecule has 9 heteroatoms. The minimum Gasteiger partial charge on any atom is -0.493 e. The zero-order chi connectivity index (χ0) is 20.1.